The van der Waals surface area contributed by atoms with Crippen LogP contribution in [0.3, 0.4) is 0 Å². The lowest BCUT2D eigenvalue weighted by atomic mass is 10.1. The van der Waals surface area contributed by atoms with Crippen molar-refractivity contribution in [3.05, 3.63) is 24.3 Å². The highest BCUT2D eigenvalue weighted by Crippen LogP contribution is 2.07. The van der Waals surface area contributed by atoms with Crippen LogP contribution in [-0.4, -0.2) is 23.4 Å². The topological polar surface area (TPSA) is 40.5 Å². The average molecular weight is 212 g/mol. The lowest BCUT2D eigenvalue weighted by molar-refractivity contribution is 0.282. The predicted molar refractivity (Wildman–Crippen MR) is 64.8 cm³/mol. The molecule has 0 rings (SSSR count). The monoisotopic (exact) mass is 212 g/mol. The van der Waals surface area contributed by atoms with Gasteiger partial charge >= 0.3 is 0 Å². The number of hydrogen-bond donors (Lipinski definition) is 2. The highest BCUT2D eigenvalue weighted by atomic mass is 16.3. The summed E-state index contributed by atoms with van der Waals surface area (Å²) in [5, 5.41) is 17.0. The van der Waals surface area contributed by atoms with Crippen molar-refractivity contribution >= 4 is 0 Å². The van der Waals surface area contributed by atoms with Crippen molar-refractivity contribution in [2.24, 2.45) is 0 Å². The summed E-state index contributed by atoms with van der Waals surface area (Å²) in [6, 6.07) is 0. The highest BCUT2D eigenvalue weighted by molar-refractivity contribution is 5.02. The molecular weight excluding hydrogens is 188 g/mol. The van der Waals surface area contributed by atoms with E-state index >= 15 is 0 Å². The van der Waals surface area contributed by atoms with Crippen LogP contribution in [0.2, 0.25) is 0 Å². The fourth-order valence-corrected chi connectivity index (χ4v) is 1.40. The molecule has 2 N–H and O–H groups in total. The first-order valence-corrected chi connectivity index (χ1v) is 5.95. The molecular formula is C13H24O2. The van der Waals surface area contributed by atoms with Gasteiger partial charge < -0.3 is 10.2 Å². The zero-order valence-corrected chi connectivity index (χ0v) is 9.57. The molecule has 15 heavy (non-hydrogen) atoms. The van der Waals surface area contributed by atoms with Crippen molar-refractivity contribution in [2.75, 3.05) is 13.2 Å². The standard InChI is InChI=1S/C13H24O2/c14-12-10-8-6-4-2-1-3-5-7-9-11-13-15/h4,6,8,10,14-15H,1-3,5,7,9,11-13H2/b6-4+,10-8+. The maximum absolute atomic E-state index is 8.58. The minimum absolute atomic E-state index is 0.120. The average Bonchev–Trinajstić information content (AvgIpc) is 2.26. The molecule has 0 heterocycles. The summed E-state index contributed by atoms with van der Waals surface area (Å²) in [4.78, 5) is 0. The van der Waals surface area contributed by atoms with Gasteiger partial charge in [0.15, 0.2) is 0 Å². The number of hydrogen-bond acceptors (Lipinski definition) is 2. The van der Waals surface area contributed by atoms with Gasteiger partial charge in [0, 0.05) is 6.61 Å². The summed E-state index contributed by atoms with van der Waals surface area (Å²) in [5.74, 6) is 0. The molecule has 2 heteroatoms. The van der Waals surface area contributed by atoms with E-state index in [9.17, 15) is 0 Å². The quantitative estimate of drug-likeness (QED) is 0.432. The molecule has 0 saturated heterocycles. The minimum atomic E-state index is 0.120. The van der Waals surface area contributed by atoms with Crippen LogP contribution >= 0.6 is 0 Å². The number of aliphatic hydroxyl groups excluding tert-OH is 2. The Kier molecular flexibility index (Phi) is 12.9. The van der Waals surface area contributed by atoms with Crippen LogP contribution in [0.5, 0.6) is 0 Å². The molecule has 0 radical (unpaired) electrons. The maximum Gasteiger partial charge on any atom is 0.0615 e. The Morgan fingerprint density at radius 2 is 1.27 bits per heavy atom. The second-order valence-electron chi connectivity index (χ2n) is 3.67. The fraction of sp³-hybridized carbons (Fsp3) is 0.692. The number of unbranched alkanes of at least 4 members (excludes halogenated alkanes) is 6. The summed E-state index contributed by atoms with van der Waals surface area (Å²) in [5.41, 5.74) is 0. The number of aliphatic hydroxyl groups is 2. The zero-order valence-electron chi connectivity index (χ0n) is 9.57. The molecule has 0 aliphatic heterocycles. The van der Waals surface area contributed by atoms with Gasteiger partial charge in [-0.05, 0) is 19.3 Å². The van der Waals surface area contributed by atoms with E-state index < -0.39 is 0 Å². The molecule has 0 spiro atoms. The summed E-state index contributed by atoms with van der Waals surface area (Å²) < 4.78 is 0. The Bertz CT molecular complexity index is 162. The molecule has 0 bridgehead atoms. The molecule has 0 aromatic rings. The molecule has 0 aromatic carbocycles. The van der Waals surface area contributed by atoms with Crippen molar-refractivity contribution in [3.63, 3.8) is 0 Å². The van der Waals surface area contributed by atoms with Crippen LogP contribution in [0, 0.1) is 0 Å². The van der Waals surface area contributed by atoms with Crippen LogP contribution < -0.4 is 0 Å². The molecule has 0 saturated carbocycles. The summed E-state index contributed by atoms with van der Waals surface area (Å²) in [6.07, 6.45) is 16.0. The van der Waals surface area contributed by atoms with E-state index in [1.165, 1.54) is 25.7 Å². The van der Waals surface area contributed by atoms with Gasteiger partial charge in [-0.25, -0.2) is 0 Å². The molecule has 0 fully saturated rings. The lowest BCUT2D eigenvalue weighted by Crippen LogP contribution is -1.83. The molecule has 0 atom stereocenters. The lowest BCUT2D eigenvalue weighted by Gasteiger charge is -1.98. The second-order valence-corrected chi connectivity index (χ2v) is 3.67. The molecule has 0 aromatic heterocycles. The molecule has 2 nitrogen and oxygen atoms in total. The first-order chi connectivity index (χ1) is 7.41. The van der Waals surface area contributed by atoms with E-state index in [-0.39, 0.29) is 6.61 Å². The number of rotatable bonds is 10. The maximum atomic E-state index is 8.58. The Morgan fingerprint density at radius 1 is 0.667 bits per heavy atom. The molecule has 0 amide bonds. The van der Waals surface area contributed by atoms with Crippen LogP contribution in [-0.2, 0) is 0 Å². The van der Waals surface area contributed by atoms with Crippen molar-refractivity contribution < 1.29 is 10.2 Å². The van der Waals surface area contributed by atoms with Crippen molar-refractivity contribution in [1.29, 1.82) is 0 Å². The van der Waals surface area contributed by atoms with Gasteiger partial charge in [-0.2, -0.15) is 0 Å². The van der Waals surface area contributed by atoms with Crippen LogP contribution in [0.25, 0.3) is 0 Å². The van der Waals surface area contributed by atoms with E-state index in [1.54, 1.807) is 6.08 Å². The van der Waals surface area contributed by atoms with E-state index in [1.807, 2.05) is 12.2 Å². The second kappa shape index (κ2) is 13.4. The van der Waals surface area contributed by atoms with E-state index in [0.29, 0.717) is 6.61 Å². The van der Waals surface area contributed by atoms with E-state index in [0.717, 1.165) is 19.3 Å². The van der Waals surface area contributed by atoms with Gasteiger partial charge in [0.2, 0.25) is 0 Å². The Labute approximate surface area is 93.3 Å². The van der Waals surface area contributed by atoms with Crippen molar-refractivity contribution in [2.45, 2.75) is 44.9 Å². The number of allylic oxidation sites excluding steroid dienone is 3. The third-order valence-corrected chi connectivity index (χ3v) is 2.27. The van der Waals surface area contributed by atoms with E-state index in [2.05, 4.69) is 6.08 Å². The van der Waals surface area contributed by atoms with Gasteiger partial charge in [0.05, 0.1) is 6.61 Å². The SMILES string of the molecule is OC/C=C/C=C/CCCCCCCCO. The minimum Gasteiger partial charge on any atom is -0.396 e. The zero-order chi connectivity index (χ0) is 11.2. The largest absolute Gasteiger partial charge is 0.396 e. The summed E-state index contributed by atoms with van der Waals surface area (Å²) >= 11 is 0. The Hall–Kier alpha value is -0.600. The van der Waals surface area contributed by atoms with Crippen LogP contribution in [0.4, 0.5) is 0 Å². The predicted octanol–water partition coefficient (Wildman–Crippen LogP) is 2.81. The third-order valence-electron chi connectivity index (χ3n) is 2.27. The van der Waals surface area contributed by atoms with Crippen molar-refractivity contribution in [3.8, 4) is 0 Å². The van der Waals surface area contributed by atoms with Gasteiger partial charge in [-0.3, -0.25) is 0 Å². The first kappa shape index (κ1) is 14.4. The Morgan fingerprint density at radius 3 is 1.93 bits per heavy atom. The van der Waals surface area contributed by atoms with E-state index in [4.69, 9.17) is 10.2 Å². The van der Waals surface area contributed by atoms with Crippen molar-refractivity contribution in [1.82, 2.24) is 0 Å². The summed E-state index contributed by atoms with van der Waals surface area (Å²) in [6.45, 7) is 0.453. The van der Waals surface area contributed by atoms with Gasteiger partial charge in [-0.15, -0.1) is 0 Å². The summed E-state index contributed by atoms with van der Waals surface area (Å²) in [7, 11) is 0. The van der Waals surface area contributed by atoms with Crippen LogP contribution in [0.15, 0.2) is 24.3 Å². The van der Waals surface area contributed by atoms with Gasteiger partial charge in [-0.1, -0.05) is 50.0 Å². The van der Waals surface area contributed by atoms with Gasteiger partial charge in [0.1, 0.15) is 0 Å². The molecule has 88 valence electrons. The third kappa shape index (κ3) is 13.4. The normalized spacial score (nSPS) is 11.9. The fourth-order valence-electron chi connectivity index (χ4n) is 1.40. The highest BCUT2D eigenvalue weighted by Gasteiger charge is 1.89. The molecule has 0 unspecified atom stereocenters. The molecule has 0 aliphatic rings. The smallest absolute Gasteiger partial charge is 0.0615 e. The van der Waals surface area contributed by atoms with Crippen LogP contribution in [0.1, 0.15) is 44.9 Å². The molecule has 0 aliphatic carbocycles. The van der Waals surface area contributed by atoms with Gasteiger partial charge in [0.25, 0.3) is 0 Å². The first-order valence-electron chi connectivity index (χ1n) is 5.95. The Balaban J connectivity index is 3.04.